The van der Waals surface area contributed by atoms with Crippen molar-refractivity contribution in [2.45, 2.75) is 23.1 Å². The summed E-state index contributed by atoms with van der Waals surface area (Å²) in [5, 5.41) is 10.8. The molecule has 2 aliphatic rings. The van der Waals surface area contributed by atoms with Gasteiger partial charge >= 0.3 is 10.8 Å². The Labute approximate surface area is 217 Å². The van der Waals surface area contributed by atoms with Crippen molar-refractivity contribution in [1.82, 2.24) is 4.98 Å². The first-order chi connectivity index (χ1) is 17.8. The lowest BCUT2D eigenvalue weighted by molar-refractivity contribution is -0.384. The largest absolute Gasteiger partial charge is 0.482 e. The van der Waals surface area contributed by atoms with E-state index in [0.717, 1.165) is 28.0 Å². The number of rotatable bonds is 7. The highest BCUT2D eigenvalue weighted by Crippen LogP contribution is 2.53. The lowest BCUT2D eigenvalue weighted by Crippen LogP contribution is -2.32. The van der Waals surface area contributed by atoms with E-state index in [9.17, 15) is 29.3 Å². The number of carbonyl (C=O) groups excluding carboxylic acids is 3. The molecule has 0 bridgehead atoms. The first kappa shape index (κ1) is 24.7. The number of aromatic nitrogens is 1. The highest BCUT2D eigenvalue weighted by molar-refractivity contribution is 8.00. The molecule has 2 amide bonds. The summed E-state index contributed by atoms with van der Waals surface area (Å²) in [6, 6.07) is 12.0. The molecule has 3 atom stereocenters. The number of nitro groups is 1. The lowest BCUT2D eigenvalue weighted by Gasteiger charge is -2.29. The van der Waals surface area contributed by atoms with Crippen LogP contribution in [0.3, 0.4) is 0 Å². The van der Waals surface area contributed by atoms with E-state index < -0.39 is 39.8 Å². The number of aromatic amines is 1. The first-order valence-electron chi connectivity index (χ1n) is 11.2. The van der Waals surface area contributed by atoms with Crippen LogP contribution in [0.1, 0.15) is 23.3 Å². The van der Waals surface area contributed by atoms with Crippen LogP contribution < -0.4 is 14.5 Å². The number of thiazole rings is 1. The summed E-state index contributed by atoms with van der Waals surface area (Å²) in [5.41, 5.74) is 0.786. The number of benzene rings is 2. The van der Waals surface area contributed by atoms with Gasteiger partial charge in [-0.1, -0.05) is 35.2 Å². The minimum Gasteiger partial charge on any atom is -0.482 e. The number of carbonyl (C=O) groups is 3. The van der Waals surface area contributed by atoms with E-state index in [2.05, 4.69) is 4.98 Å². The summed E-state index contributed by atoms with van der Waals surface area (Å²) in [4.78, 5) is 65.5. The third-order valence-electron chi connectivity index (χ3n) is 6.04. The topological polar surface area (TPSA) is 149 Å². The summed E-state index contributed by atoms with van der Waals surface area (Å²) < 4.78 is 10.3. The Bertz CT molecular complexity index is 1450. The first-order valence-corrected chi connectivity index (χ1v) is 12.9. The van der Waals surface area contributed by atoms with Crippen LogP contribution in [0.25, 0.3) is 0 Å². The van der Waals surface area contributed by atoms with E-state index in [4.69, 9.17) is 9.47 Å². The third-order valence-corrected chi connectivity index (χ3v) is 8.44. The number of thioether (sulfide) groups is 1. The molecule has 2 aliphatic heterocycles. The molecule has 0 spiro atoms. The van der Waals surface area contributed by atoms with E-state index in [1.807, 2.05) is 0 Å². The quantitative estimate of drug-likeness (QED) is 0.206. The van der Waals surface area contributed by atoms with Crippen molar-refractivity contribution in [2.24, 2.45) is 5.92 Å². The molecule has 1 N–H and O–H groups in total. The SMILES string of the molecule is CCOC(=O)COc1ccc([C@H]2c3sc(=O)[nH]c3SC3C(=O)N(c4ccc([N+](=O)[O-])cc4)C(=O)C32)cc1. The lowest BCUT2D eigenvalue weighted by atomic mass is 9.83. The van der Waals surface area contributed by atoms with E-state index in [1.54, 1.807) is 31.2 Å². The van der Waals surface area contributed by atoms with Crippen molar-refractivity contribution in [1.29, 1.82) is 0 Å². The van der Waals surface area contributed by atoms with Gasteiger partial charge in [-0.25, -0.2) is 9.69 Å². The van der Waals surface area contributed by atoms with E-state index in [1.165, 1.54) is 24.3 Å². The predicted molar refractivity (Wildman–Crippen MR) is 134 cm³/mol. The van der Waals surface area contributed by atoms with Gasteiger partial charge < -0.3 is 14.5 Å². The number of hydrogen-bond donors (Lipinski definition) is 1. The second-order valence-corrected chi connectivity index (χ2v) is 10.4. The van der Waals surface area contributed by atoms with Crippen molar-refractivity contribution >= 4 is 52.3 Å². The smallest absolute Gasteiger partial charge is 0.344 e. The second-order valence-electron chi connectivity index (χ2n) is 8.20. The Morgan fingerprint density at radius 3 is 2.43 bits per heavy atom. The average Bonchev–Trinajstić information content (AvgIpc) is 3.37. The molecule has 1 saturated heterocycles. The van der Waals surface area contributed by atoms with Crippen LogP contribution in [0.2, 0.25) is 0 Å². The number of imide groups is 1. The molecule has 13 heteroatoms. The van der Waals surface area contributed by atoms with Crippen LogP contribution in [0, 0.1) is 16.0 Å². The molecule has 2 unspecified atom stereocenters. The van der Waals surface area contributed by atoms with Gasteiger partial charge in [0.2, 0.25) is 11.8 Å². The highest BCUT2D eigenvalue weighted by Gasteiger charge is 2.56. The summed E-state index contributed by atoms with van der Waals surface area (Å²) in [5.74, 6) is -2.35. The maximum Gasteiger partial charge on any atom is 0.344 e. The number of non-ortho nitro benzene ring substituents is 1. The maximum atomic E-state index is 13.7. The summed E-state index contributed by atoms with van der Waals surface area (Å²) in [6.07, 6.45) is 0. The summed E-state index contributed by atoms with van der Waals surface area (Å²) >= 11 is 2.13. The fourth-order valence-corrected chi connectivity index (χ4v) is 6.99. The number of amides is 2. The van der Waals surface area contributed by atoms with Gasteiger partial charge in [-0.3, -0.25) is 24.5 Å². The molecule has 0 radical (unpaired) electrons. The Balaban J connectivity index is 1.48. The zero-order valence-electron chi connectivity index (χ0n) is 19.2. The minimum absolute atomic E-state index is 0.155. The molecule has 5 rings (SSSR count). The number of hydrogen-bond acceptors (Lipinski definition) is 10. The highest BCUT2D eigenvalue weighted by atomic mass is 32.2. The number of ether oxygens (including phenoxy) is 2. The van der Waals surface area contributed by atoms with Gasteiger partial charge in [-0.15, -0.1) is 0 Å². The van der Waals surface area contributed by atoms with Crippen LogP contribution in [-0.2, 0) is 19.1 Å². The molecule has 0 saturated carbocycles. The number of anilines is 1. The number of nitrogens with zero attached hydrogens (tertiary/aromatic N) is 2. The monoisotopic (exact) mass is 541 g/mol. The molecule has 0 aliphatic carbocycles. The standard InChI is InChI=1S/C24H19N3O8S2/c1-2-34-16(28)11-35-15-9-3-12(4-10-15)17-18-20(36-21-19(17)37-24(31)25-21)23(30)26(22(18)29)13-5-7-14(8-6-13)27(32)33/h3-10,17-18,20H,2,11H2,1H3,(H,25,31)/t17-,18?,20?/m1/s1. The summed E-state index contributed by atoms with van der Waals surface area (Å²) in [6.45, 7) is 1.69. The maximum absolute atomic E-state index is 13.7. The third kappa shape index (κ3) is 4.51. The molecular weight excluding hydrogens is 522 g/mol. The average molecular weight is 542 g/mol. The predicted octanol–water partition coefficient (Wildman–Crippen LogP) is 3.08. The fraction of sp³-hybridized carbons (Fsp3) is 0.250. The van der Waals surface area contributed by atoms with Crippen LogP contribution >= 0.6 is 23.1 Å². The molecule has 3 aromatic rings. The minimum atomic E-state index is -0.794. The van der Waals surface area contributed by atoms with Crippen molar-refractivity contribution in [3.63, 3.8) is 0 Å². The van der Waals surface area contributed by atoms with Crippen LogP contribution in [0.4, 0.5) is 11.4 Å². The zero-order valence-corrected chi connectivity index (χ0v) is 20.9. The van der Waals surface area contributed by atoms with Gasteiger partial charge in [-0.2, -0.15) is 0 Å². The number of esters is 1. The van der Waals surface area contributed by atoms with Crippen molar-refractivity contribution in [2.75, 3.05) is 18.1 Å². The Hall–Kier alpha value is -3.97. The summed E-state index contributed by atoms with van der Waals surface area (Å²) in [7, 11) is 0. The molecule has 11 nitrogen and oxygen atoms in total. The molecule has 3 heterocycles. The number of nitrogens with one attached hydrogen (secondary N) is 1. The van der Waals surface area contributed by atoms with E-state index in [-0.39, 0.29) is 29.5 Å². The van der Waals surface area contributed by atoms with Gasteiger partial charge in [-0.05, 0) is 36.8 Å². The Kier molecular flexibility index (Phi) is 6.56. The van der Waals surface area contributed by atoms with Crippen molar-refractivity contribution < 1.29 is 28.8 Å². The molecule has 1 fully saturated rings. The molecule has 1 aromatic heterocycles. The number of nitro benzene ring substituents is 1. The van der Waals surface area contributed by atoms with Gasteiger partial charge in [0.25, 0.3) is 5.69 Å². The van der Waals surface area contributed by atoms with Crippen LogP contribution in [0.5, 0.6) is 5.75 Å². The Morgan fingerprint density at radius 1 is 1.08 bits per heavy atom. The van der Waals surface area contributed by atoms with Gasteiger partial charge in [0.1, 0.15) is 11.0 Å². The normalized spacial score (nSPS) is 20.4. The number of H-pyrrole nitrogens is 1. The molecule has 37 heavy (non-hydrogen) atoms. The van der Waals surface area contributed by atoms with Gasteiger partial charge in [0.05, 0.1) is 28.2 Å². The van der Waals surface area contributed by atoms with Crippen molar-refractivity contribution in [3.05, 3.63) is 78.8 Å². The molecule has 2 aromatic carbocycles. The van der Waals surface area contributed by atoms with Crippen LogP contribution in [-0.4, -0.2) is 46.2 Å². The van der Waals surface area contributed by atoms with E-state index in [0.29, 0.717) is 21.2 Å². The van der Waals surface area contributed by atoms with E-state index >= 15 is 0 Å². The Morgan fingerprint density at radius 2 is 1.78 bits per heavy atom. The molecular formula is C24H19N3O8S2. The fourth-order valence-electron chi connectivity index (χ4n) is 4.47. The van der Waals surface area contributed by atoms with Gasteiger partial charge in [0.15, 0.2) is 6.61 Å². The zero-order chi connectivity index (χ0) is 26.3. The van der Waals surface area contributed by atoms with Crippen molar-refractivity contribution in [3.8, 4) is 5.75 Å². The van der Waals surface area contributed by atoms with Crippen LogP contribution in [0.15, 0.2) is 58.4 Å². The van der Waals surface area contributed by atoms with Gasteiger partial charge in [0, 0.05) is 22.9 Å². The molecule has 190 valence electrons. The number of fused-ring (bicyclic) bond motifs is 2. The second kappa shape index (κ2) is 9.82.